The lowest BCUT2D eigenvalue weighted by atomic mass is 9.82. The number of hydrogen-bond acceptors (Lipinski definition) is 5. The van der Waals surface area contributed by atoms with Crippen LogP contribution in [0.4, 0.5) is 5.82 Å². The SMILES string of the molecule is CC(C)(C)c1nc(C2CCC2)cc(N2CCN(CCC3CCC(N)CC3)CC2)n1. The Hall–Kier alpha value is -1.20. The Labute approximate surface area is 177 Å². The number of nitrogens with zero attached hydrogens (tertiary/aromatic N) is 4. The maximum Gasteiger partial charge on any atom is 0.136 e. The van der Waals surface area contributed by atoms with Gasteiger partial charge in [-0.3, -0.25) is 4.90 Å². The molecule has 2 N–H and O–H groups in total. The first-order valence-corrected chi connectivity index (χ1v) is 12.0. The molecule has 0 atom stereocenters. The topological polar surface area (TPSA) is 58.3 Å². The first-order valence-electron chi connectivity index (χ1n) is 12.0. The summed E-state index contributed by atoms with van der Waals surface area (Å²) in [5.41, 5.74) is 7.34. The van der Waals surface area contributed by atoms with Gasteiger partial charge in [0.1, 0.15) is 11.6 Å². The van der Waals surface area contributed by atoms with E-state index >= 15 is 0 Å². The van der Waals surface area contributed by atoms with Crippen molar-refractivity contribution in [1.29, 1.82) is 0 Å². The van der Waals surface area contributed by atoms with Gasteiger partial charge in [0.15, 0.2) is 0 Å². The molecule has 5 nitrogen and oxygen atoms in total. The molecule has 2 aliphatic carbocycles. The number of aromatic nitrogens is 2. The van der Waals surface area contributed by atoms with Crippen molar-refractivity contribution in [3.8, 4) is 0 Å². The van der Waals surface area contributed by atoms with Crippen molar-refractivity contribution >= 4 is 5.82 Å². The third-order valence-electron chi connectivity index (χ3n) is 7.37. The van der Waals surface area contributed by atoms with Crippen LogP contribution >= 0.6 is 0 Å². The summed E-state index contributed by atoms with van der Waals surface area (Å²) in [6, 6.07) is 2.76. The average Bonchev–Trinajstić information content (AvgIpc) is 2.66. The van der Waals surface area contributed by atoms with Crippen LogP contribution in [-0.2, 0) is 5.41 Å². The van der Waals surface area contributed by atoms with Crippen molar-refractivity contribution in [1.82, 2.24) is 14.9 Å². The molecule has 2 saturated carbocycles. The fourth-order valence-electron chi connectivity index (χ4n) is 4.91. The normalized spacial score (nSPS) is 27.1. The monoisotopic (exact) mass is 399 g/mol. The molecule has 1 aromatic heterocycles. The molecular weight excluding hydrogens is 358 g/mol. The van der Waals surface area contributed by atoms with Crippen LogP contribution in [0.5, 0.6) is 0 Å². The van der Waals surface area contributed by atoms with Crippen LogP contribution < -0.4 is 10.6 Å². The molecule has 3 aliphatic rings. The Kier molecular flexibility index (Phi) is 6.45. The molecule has 0 spiro atoms. The Morgan fingerprint density at radius 2 is 1.66 bits per heavy atom. The highest BCUT2D eigenvalue weighted by Gasteiger charge is 2.28. The zero-order valence-electron chi connectivity index (χ0n) is 18.9. The minimum Gasteiger partial charge on any atom is -0.354 e. The van der Waals surface area contributed by atoms with E-state index in [1.165, 1.54) is 63.6 Å². The Bertz CT molecular complexity index is 662. The van der Waals surface area contributed by atoms with E-state index in [0.717, 1.165) is 43.7 Å². The molecule has 0 bridgehead atoms. The van der Waals surface area contributed by atoms with Crippen LogP contribution in [0, 0.1) is 5.92 Å². The van der Waals surface area contributed by atoms with Gasteiger partial charge in [-0.05, 0) is 57.4 Å². The van der Waals surface area contributed by atoms with Gasteiger partial charge in [0, 0.05) is 55.3 Å². The first-order chi connectivity index (χ1) is 13.9. The van der Waals surface area contributed by atoms with E-state index in [-0.39, 0.29) is 5.41 Å². The summed E-state index contributed by atoms with van der Waals surface area (Å²) in [4.78, 5) is 15.1. The quantitative estimate of drug-likeness (QED) is 0.809. The molecule has 0 unspecified atom stereocenters. The molecule has 1 aromatic rings. The van der Waals surface area contributed by atoms with Gasteiger partial charge >= 0.3 is 0 Å². The average molecular weight is 400 g/mol. The van der Waals surface area contributed by atoms with E-state index in [1.807, 2.05) is 0 Å². The predicted molar refractivity (Wildman–Crippen MR) is 121 cm³/mol. The van der Waals surface area contributed by atoms with Crippen LogP contribution in [-0.4, -0.2) is 53.6 Å². The lowest BCUT2D eigenvalue weighted by molar-refractivity contribution is 0.216. The molecule has 162 valence electrons. The largest absolute Gasteiger partial charge is 0.354 e. The van der Waals surface area contributed by atoms with Gasteiger partial charge in [-0.2, -0.15) is 0 Å². The number of piperazine rings is 1. The van der Waals surface area contributed by atoms with Gasteiger partial charge in [-0.25, -0.2) is 9.97 Å². The Balaban J connectivity index is 1.34. The zero-order valence-corrected chi connectivity index (χ0v) is 18.9. The fourth-order valence-corrected chi connectivity index (χ4v) is 4.91. The molecular formula is C24H41N5. The minimum atomic E-state index is -0.00113. The molecule has 0 amide bonds. The highest BCUT2D eigenvalue weighted by molar-refractivity contribution is 5.42. The highest BCUT2D eigenvalue weighted by atomic mass is 15.3. The second-order valence-corrected chi connectivity index (χ2v) is 10.8. The third kappa shape index (κ3) is 5.29. The van der Waals surface area contributed by atoms with E-state index < -0.39 is 0 Å². The number of hydrogen-bond donors (Lipinski definition) is 1. The minimum absolute atomic E-state index is 0.00113. The van der Waals surface area contributed by atoms with E-state index in [2.05, 4.69) is 36.6 Å². The summed E-state index contributed by atoms with van der Waals surface area (Å²) in [5, 5.41) is 0. The van der Waals surface area contributed by atoms with Crippen molar-refractivity contribution in [2.24, 2.45) is 11.7 Å². The summed E-state index contributed by atoms with van der Waals surface area (Å²) >= 11 is 0. The number of nitrogens with two attached hydrogens (primary N) is 1. The molecule has 4 rings (SSSR count). The van der Waals surface area contributed by atoms with Crippen molar-refractivity contribution in [3.63, 3.8) is 0 Å². The molecule has 0 radical (unpaired) electrons. The van der Waals surface area contributed by atoms with E-state index in [1.54, 1.807) is 0 Å². The first kappa shape index (κ1) is 21.0. The van der Waals surface area contributed by atoms with Gasteiger partial charge in [0.2, 0.25) is 0 Å². The summed E-state index contributed by atoms with van der Waals surface area (Å²) in [5.74, 6) is 3.72. The molecule has 5 heteroatoms. The van der Waals surface area contributed by atoms with Crippen LogP contribution in [0.25, 0.3) is 0 Å². The zero-order chi connectivity index (χ0) is 20.4. The van der Waals surface area contributed by atoms with Crippen molar-refractivity contribution in [2.45, 2.75) is 89.5 Å². The summed E-state index contributed by atoms with van der Waals surface area (Å²) in [6.45, 7) is 12.4. The maximum atomic E-state index is 6.06. The van der Waals surface area contributed by atoms with Crippen molar-refractivity contribution < 1.29 is 0 Å². The Morgan fingerprint density at radius 1 is 0.966 bits per heavy atom. The summed E-state index contributed by atoms with van der Waals surface area (Å²) in [7, 11) is 0. The second-order valence-electron chi connectivity index (χ2n) is 10.8. The van der Waals surface area contributed by atoms with Gasteiger partial charge in [-0.15, -0.1) is 0 Å². The number of anilines is 1. The van der Waals surface area contributed by atoms with Gasteiger partial charge in [0.25, 0.3) is 0 Å². The van der Waals surface area contributed by atoms with Gasteiger partial charge in [0.05, 0.1) is 0 Å². The van der Waals surface area contributed by atoms with E-state index in [4.69, 9.17) is 15.7 Å². The summed E-state index contributed by atoms with van der Waals surface area (Å²) in [6.07, 6.45) is 10.4. The van der Waals surface area contributed by atoms with E-state index in [9.17, 15) is 0 Å². The molecule has 2 heterocycles. The predicted octanol–water partition coefficient (Wildman–Crippen LogP) is 4.07. The molecule has 0 aromatic carbocycles. The number of rotatable bonds is 5. The van der Waals surface area contributed by atoms with Gasteiger partial charge < -0.3 is 10.6 Å². The van der Waals surface area contributed by atoms with Crippen LogP contribution in [0.15, 0.2) is 6.07 Å². The van der Waals surface area contributed by atoms with Crippen molar-refractivity contribution in [3.05, 3.63) is 17.6 Å². The van der Waals surface area contributed by atoms with Crippen LogP contribution in [0.3, 0.4) is 0 Å². The molecule has 1 saturated heterocycles. The third-order valence-corrected chi connectivity index (χ3v) is 7.37. The molecule has 3 fully saturated rings. The fraction of sp³-hybridized carbons (Fsp3) is 0.833. The van der Waals surface area contributed by atoms with Crippen LogP contribution in [0.1, 0.15) is 89.6 Å². The standard InChI is InChI=1S/C24H41N5/c1-24(2,3)23-26-21(19-5-4-6-19)17-22(27-23)29-15-13-28(14-16-29)12-11-18-7-9-20(25)10-8-18/h17-20H,4-16,25H2,1-3H3. The summed E-state index contributed by atoms with van der Waals surface area (Å²) < 4.78 is 0. The lowest BCUT2D eigenvalue weighted by Gasteiger charge is -2.37. The Morgan fingerprint density at radius 3 is 2.24 bits per heavy atom. The highest BCUT2D eigenvalue weighted by Crippen LogP contribution is 2.37. The maximum absolute atomic E-state index is 6.06. The van der Waals surface area contributed by atoms with E-state index in [0.29, 0.717) is 12.0 Å². The smallest absolute Gasteiger partial charge is 0.136 e. The molecule has 1 aliphatic heterocycles. The molecule has 29 heavy (non-hydrogen) atoms. The lowest BCUT2D eigenvalue weighted by Crippen LogP contribution is -2.47. The van der Waals surface area contributed by atoms with Crippen molar-refractivity contribution in [2.75, 3.05) is 37.6 Å². The second kappa shape index (κ2) is 8.89. The van der Waals surface area contributed by atoms with Crippen LogP contribution in [0.2, 0.25) is 0 Å². The van der Waals surface area contributed by atoms with Gasteiger partial charge in [-0.1, -0.05) is 27.2 Å².